The zero-order valence-electron chi connectivity index (χ0n) is 7.87. The van der Waals surface area contributed by atoms with Gasteiger partial charge >= 0.3 is 0 Å². The Kier molecular flexibility index (Phi) is 7.45. The summed E-state index contributed by atoms with van der Waals surface area (Å²) in [5, 5.41) is 18.0. The van der Waals surface area contributed by atoms with Gasteiger partial charge in [-0.25, -0.2) is 0 Å². The monoisotopic (exact) mass is 175 g/mol. The van der Waals surface area contributed by atoms with Crippen molar-refractivity contribution in [3.05, 3.63) is 0 Å². The Hall–Kier alpha value is -0.120. The first-order valence-corrected chi connectivity index (χ1v) is 4.76. The SMILES string of the molecule is CCCCCC[C@@H](O)[C@@H](N)CO. The summed E-state index contributed by atoms with van der Waals surface area (Å²) in [5.41, 5.74) is 5.43. The second-order valence-electron chi connectivity index (χ2n) is 3.26. The summed E-state index contributed by atoms with van der Waals surface area (Å²) in [6.07, 6.45) is 4.73. The van der Waals surface area contributed by atoms with Gasteiger partial charge in [-0.2, -0.15) is 0 Å². The fraction of sp³-hybridized carbons (Fsp3) is 1.00. The van der Waals surface area contributed by atoms with Gasteiger partial charge in [0.1, 0.15) is 0 Å². The molecule has 0 saturated heterocycles. The summed E-state index contributed by atoms with van der Waals surface area (Å²) in [5.74, 6) is 0. The fourth-order valence-corrected chi connectivity index (χ4v) is 1.12. The van der Waals surface area contributed by atoms with E-state index in [1.54, 1.807) is 0 Å². The van der Waals surface area contributed by atoms with Gasteiger partial charge in [0.25, 0.3) is 0 Å². The quantitative estimate of drug-likeness (QED) is 0.497. The molecule has 74 valence electrons. The molecule has 0 spiro atoms. The molecule has 0 heterocycles. The first-order valence-electron chi connectivity index (χ1n) is 4.76. The van der Waals surface area contributed by atoms with E-state index in [0.29, 0.717) is 6.42 Å². The minimum absolute atomic E-state index is 0.130. The minimum Gasteiger partial charge on any atom is -0.395 e. The van der Waals surface area contributed by atoms with Crippen LogP contribution in [-0.4, -0.2) is 29.0 Å². The molecule has 0 aliphatic heterocycles. The third kappa shape index (κ3) is 5.52. The van der Waals surface area contributed by atoms with Crippen LogP contribution in [0.5, 0.6) is 0 Å². The smallest absolute Gasteiger partial charge is 0.0713 e. The average Bonchev–Trinajstić information content (AvgIpc) is 2.10. The second kappa shape index (κ2) is 7.53. The molecule has 0 aromatic heterocycles. The Morgan fingerprint density at radius 2 is 1.92 bits per heavy atom. The highest BCUT2D eigenvalue weighted by Crippen LogP contribution is 2.06. The lowest BCUT2D eigenvalue weighted by Gasteiger charge is -2.15. The number of hydrogen-bond acceptors (Lipinski definition) is 3. The van der Waals surface area contributed by atoms with Gasteiger partial charge in [-0.15, -0.1) is 0 Å². The van der Waals surface area contributed by atoms with Crippen LogP contribution in [0.4, 0.5) is 0 Å². The summed E-state index contributed by atoms with van der Waals surface area (Å²) < 4.78 is 0. The second-order valence-corrected chi connectivity index (χ2v) is 3.26. The van der Waals surface area contributed by atoms with Crippen molar-refractivity contribution in [3.8, 4) is 0 Å². The lowest BCUT2D eigenvalue weighted by atomic mass is 10.0. The highest BCUT2D eigenvalue weighted by atomic mass is 16.3. The first-order chi connectivity index (χ1) is 5.72. The highest BCUT2D eigenvalue weighted by Gasteiger charge is 2.12. The molecule has 0 rings (SSSR count). The Labute approximate surface area is 74.6 Å². The molecule has 2 atom stereocenters. The van der Waals surface area contributed by atoms with Gasteiger partial charge in [-0.05, 0) is 6.42 Å². The number of unbranched alkanes of at least 4 members (excludes halogenated alkanes) is 3. The maximum absolute atomic E-state index is 9.33. The molecule has 3 nitrogen and oxygen atoms in total. The van der Waals surface area contributed by atoms with Crippen LogP contribution in [0, 0.1) is 0 Å². The Morgan fingerprint density at radius 1 is 1.25 bits per heavy atom. The van der Waals surface area contributed by atoms with Crippen molar-refractivity contribution in [2.24, 2.45) is 5.73 Å². The van der Waals surface area contributed by atoms with E-state index in [2.05, 4.69) is 6.92 Å². The first kappa shape index (κ1) is 11.9. The van der Waals surface area contributed by atoms with Crippen LogP contribution in [0.3, 0.4) is 0 Å². The van der Waals surface area contributed by atoms with Crippen LogP contribution in [0.15, 0.2) is 0 Å². The van der Waals surface area contributed by atoms with Crippen molar-refractivity contribution >= 4 is 0 Å². The Balaban J connectivity index is 3.24. The molecule has 0 bridgehead atoms. The molecule has 3 heteroatoms. The van der Waals surface area contributed by atoms with Crippen LogP contribution in [0.2, 0.25) is 0 Å². The van der Waals surface area contributed by atoms with Crippen LogP contribution in [-0.2, 0) is 0 Å². The molecule has 0 aromatic carbocycles. The topological polar surface area (TPSA) is 66.5 Å². The number of aliphatic hydroxyl groups is 2. The van der Waals surface area contributed by atoms with Crippen molar-refractivity contribution in [1.82, 2.24) is 0 Å². The Morgan fingerprint density at radius 3 is 2.42 bits per heavy atom. The highest BCUT2D eigenvalue weighted by molar-refractivity contribution is 4.69. The van der Waals surface area contributed by atoms with Crippen LogP contribution >= 0.6 is 0 Å². The summed E-state index contributed by atoms with van der Waals surface area (Å²) in [7, 11) is 0. The van der Waals surface area contributed by atoms with E-state index in [9.17, 15) is 5.11 Å². The summed E-state index contributed by atoms with van der Waals surface area (Å²) in [4.78, 5) is 0. The van der Waals surface area contributed by atoms with E-state index in [4.69, 9.17) is 10.8 Å². The van der Waals surface area contributed by atoms with E-state index in [0.717, 1.165) is 12.8 Å². The summed E-state index contributed by atoms with van der Waals surface area (Å²) >= 11 is 0. The Bertz CT molecular complexity index is 98.5. The van der Waals surface area contributed by atoms with Crippen molar-refractivity contribution in [1.29, 1.82) is 0 Å². The number of hydrogen-bond donors (Lipinski definition) is 3. The van der Waals surface area contributed by atoms with Gasteiger partial charge in [0.15, 0.2) is 0 Å². The molecule has 0 aliphatic rings. The summed E-state index contributed by atoms with van der Waals surface area (Å²) in [6, 6.07) is -0.466. The fourth-order valence-electron chi connectivity index (χ4n) is 1.12. The van der Waals surface area contributed by atoms with E-state index in [-0.39, 0.29) is 6.61 Å². The molecule has 0 aromatic rings. The van der Waals surface area contributed by atoms with E-state index in [1.165, 1.54) is 12.8 Å². The summed E-state index contributed by atoms with van der Waals surface area (Å²) in [6.45, 7) is 2.02. The maximum Gasteiger partial charge on any atom is 0.0713 e. The average molecular weight is 175 g/mol. The standard InChI is InChI=1S/C9H21NO2/c1-2-3-4-5-6-9(12)8(10)7-11/h8-9,11-12H,2-7,10H2,1H3/t8-,9+/m0/s1. The van der Waals surface area contributed by atoms with Gasteiger partial charge in [0, 0.05) is 0 Å². The number of nitrogens with two attached hydrogens (primary N) is 1. The van der Waals surface area contributed by atoms with Crippen molar-refractivity contribution in [2.75, 3.05) is 6.61 Å². The van der Waals surface area contributed by atoms with E-state index < -0.39 is 12.1 Å². The molecule has 0 radical (unpaired) electrons. The van der Waals surface area contributed by atoms with Crippen LogP contribution in [0.25, 0.3) is 0 Å². The van der Waals surface area contributed by atoms with Crippen molar-refractivity contribution in [3.63, 3.8) is 0 Å². The maximum atomic E-state index is 9.33. The van der Waals surface area contributed by atoms with Gasteiger partial charge in [0.05, 0.1) is 18.8 Å². The molecule has 0 saturated carbocycles. The molecule has 0 unspecified atom stereocenters. The lowest BCUT2D eigenvalue weighted by Crippen LogP contribution is -2.37. The molecule has 12 heavy (non-hydrogen) atoms. The number of aliphatic hydroxyl groups excluding tert-OH is 2. The predicted molar refractivity (Wildman–Crippen MR) is 49.8 cm³/mol. The van der Waals surface area contributed by atoms with Gasteiger partial charge in [0.2, 0.25) is 0 Å². The van der Waals surface area contributed by atoms with Gasteiger partial charge in [-0.3, -0.25) is 0 Å². The normalized spacial score (nSPS) is 16.0. The molecule has 0 fully saturated rings. The van der Waals surface area contributed by atoms with Crippen molar-refractivity contribution in [2.45, 2.75) is 51.2 Å². The third-order valence-electron chi connectivity index (χ3n) is 2.06. The third-order valence-corrected chi connectivity index (χ3v) is 2.06. The van der Waals surface area contributed by atoms with Crippen molar-refractivity contribution < 1.29 is 10.2 Å². The predicted octanol–water partition coefficient (Wildman–Crippen LogP) is 0.637. The molecule has 0 aliphatic carbocycles. The molecular weight excluding hydrogens is 154 g/mol. The number of rotatable bonds is 7. The van der Waals surface area contributed by atoms with Gasteiger partial charge < -0.3 is 15.9 Å². The van der Waals surface area contributed by atoms with Crippen LogP contribution in [0.1, 0.15) is 39.0 Å². The van der Waals surface area contributed by atoms with E-state index >= 15 is 0 Å². The molecule has 0 amide bonds. The zero-order valence-corrected chi connectivity index (χ0v) is 7.87. The minimum atomic E-state index is -0.535. The van der Waals surface area contributed by atoms with Crippen LogP contribution < -0.4 is 5.73 Å². The van der Waals surface area contributed by atoms with E-state index in [1.807, 2.05) is 0 Å². The lowest BCUT2D eigenvalue weighted by molar-refractivity contribution is 0.0990. The molecular formula is C9H21NO2. The largest absolute Gasteiger partial charge is 0.395 e. The van der Waals surface area contributed by atoms with Gasteiger partial charge in [-0.1, -0.05) is 32.6 Å². The molecule has 4 N–H and O–H groups in total. The zero-order chi connectivity index (χ0) is 9.40.